The molecule has 4 heteroatoms. The van der Waals surface area contributed by atoms with E-state index < -0.39 is 0 Å². The van der Waals surface area contributed by atoms with Crippen LogP contribution in [-0.4, -0.2) is 26.4 Å². The Bertz CT molecular complexity index is 468. The predicted molar refractivity (Wildman–Crippen MR) is 73.0 cm³/mol. The molecule has 2 unspecified atom stereocenters. The molecule has 0 bridgehead atoms. The fraction of sp³-hybridized carbons (Fsp3) is 0.533. The summed E-state index contributed by atoms with van der Waals surface area (Å²) in [6.45, 7) is 0.698. The molecule has 102 valence electrons. The number of nitriles is 1. The van der Waals surface area contributed by atoms with E-state index in [9.17, 15) is 0 Å². The van der Waals surface area contributed by atoms with Crippen LogP contribution in [0.25, 0.3) is 0 Å². The van der Waals surface area contributed by atoms with Gasteiger partial charge in [-0.3, -0.25) is 0 Å². The molecule has 2 atom stereocenters. The van der Waals surface area contributed by atoms with Crippen molar-refractivity contribution in [1.82, 2.24) is 5.32 Å². The molecule has 2 rings (SSSR count). The number of nitrogens with one attached hydrogen (secondary N) is 1. The van der Waals surface area contributed by atoms with Crippen LogP contribution in [0, 0.1) is 11.3 Å². The minimum absolute atomic E-state index is 0.296. The third-order valence-corrected chi connectivity index (χ3v) is 3.72. The number of methoxy groups -OCH3 is 2. The van der Waals surface area contributed by atoms with Gasteiger partial charge in [0.05, 0.1) is 24.8 Å². The minimum atomic E-state index is 0.296. The maximum atomic E-state index is 8.95. The third-order valence-electron chi connectivity index (χ3n) is 3.72. The highest BCUT2D eigenvalue weighted by Crippen LogP contribution is 2.24. The van der Waals surface area contributed by atoms with Gasteiger partial charge in [-0.05, 0) is 37.5 Å². The van der Waals surface area contributed by atoms with Crippen molar-refractivity contribution in [2.75, 3.05) is 14.2 Å². The monoisotopic (exact) mass is 260 g/mol. The van der Waals surface area contributed by atoms with Crippen molar-refractivity contribution in [3.8, 4) is 11.8 Å². The molecule has 19 heavy (non-hydrogen) atoms. The number of rotatable bonds is 5. The maximum absolute atomic E-state index is 8.95. The molecule has 1 saturated carbocycles. The molecule has 1 aromatic carbocycles. The number of ether oxygens (including phenoxy) is 2. The average Bonchev–Trinajstić information content (AvgIpc) is 2.92. The fourth-order valence-corrected chi connectivity index (χ4v) is 2.67. The van der Waals surface area contributed by atoms with Crippen LogP contribution in [0.5, 0.6) is 5.75 Å². The number of hydrogen-bond donors (Lipinski definition) is 1. The quantitative estimate of drug-likeness (QED) is 0.882. The van der Waals surface area contributed by atoms with Gasteiger partial charge in [0.2, 0.25) is 0 Å². The smallest absolute Gasteiger partial charge is 0.123 e. The van der Waals surface area contributed by atoms with Crippen molar-refractivity contribution >= 4 is 0 Å². The highest BCUT2D eigenvalue weighted by Gasteiger charge is 2.26. The largest absolute Gasteiger partial charge is 0.496 e. The van der Waals surface area contributed by atoms with E-state index in [0.717, 1.165) is 24.2 Å². The Balaban J connectivity index is 2.04. The van der Waals surface area contributed by atoms with Gasteiger partial charge in [-0.15, -0.1) is 0 Å². The van der Waals surface area contributed by atoms with Crippen molar-refractivity contribution in [2.24, 2.45) is 0 Å². The minimum Gasteiger partial charge on any atom is -0.496 e. The SMILES string of the molecule is COc1ccc(C#N)cc1CNC1CCCC1OC. The molecule has 0 saturated heterocycles. The molecule has 1 aliphatic rings. The van der Waals surface area contributed by atoms with Crippen LogP contribution in [0.1, 0.15) is 30.4 Å². The van der Waals surface area contributed by atoms with Gasteiger partial charge in [-0.1, -0.05) is 0 Å². The van der Waals surface area contributed by atoms with Crippen molar-refractivity contribution in [2.45, 2.75) is 38.0 Å². The highest BCUT2D eigenvalue weighted by molar-refractivity contribution is 5.42. The summed E-state index contributed by atoms with van der Waals surface area (Å²) in [6.07, 6.45) is 3.75. The summed E-state index contributed by atoms with van der Waals surface area (Å²) < 4.78 is 10.8. The summed E-state index contributed by atoms with van der Waals surface area (Å²) in [5.41, 5.74) is 1.68. The number of benzene rings is 1. The number of hydrogen-bond acceptors (Lipinski definition) is 4. The van der Waals surface area contributed by atoms with Crippen molar-refractivity contribution in [3.05, 3.63) is 29.3 Å². The summed E-state index contributed by atoms with van der Waals surface area (Å²) in [4.78, 5) is 0. The molecule has 0 spiro atoms. The Morgan fingerprint density at radius 1 is 1.37 bits per heavy atom. The summed E-state index contributed by atoms with van der Waals surface area (Å²) in [5, 5.41) is 12.5. The van der Waals surface area contributed by atoms with Gasteiger partial charge >= 0.3 is 0 Å². The molecule has 1 aliphatic carbocycles. The van der Waals surface area contributed by atoms with Crippen LogP contribution < -0.4 is 10.1 Å². The lowest BCUT2D eigenvalue weighted by Crippen LogP contribution is -2.36. The van der Waals surface area contributed by atoms with E-state index in [1.54, 1.807) is 20.3 Å². The molecule has 0 aliphatic heterocycles. The van der Waals surface area contributed by atoms with E-state index in [2.05, 4.69) is 11.4 Å². The van der Waals surface area contributed by atoms with Crippen LogP contribution in [0.2, 0.25) is 0 Å². The Hall–Kier alpha value is -1.57. The van der Waals surface area contributed by atoms with Crippen LogP contribution in [0.4, 0.5) is 0 Å². The van der Waals surface area contributed by atoms with Gasteiger partial charge < -0.3 is 14.8 Å². The van der Waals surface area contributed by atoms with E-state index in [1.165, 1.54) is 6.42 Å². The Kier molecular flexibility index (Phi) is 4.78. The van der Waals surface area contributed by atoms with Crippen LogP contribution in [0.3, 0.4) is 0 Å². The van der Waals surface area contributed by atoms with Crippen LogP contribution in [0.15, 0.2) is 18.2 Å². The summed E-state index contributed by atoms with van der Waals surface area (Å²) in [6, 6.07) is 8.04. The molecular formula is C15H20N2O2. The second kappa shape index (κ2) is 6.55. The molecule has 0 aromatic heterocycles. The average molecular weight is 260 g/mol. The van der Waals surface area contributed by atoms with Gasteiger partial charge in [0, 0.05) is 25.3 Å². The van der Waals surface area contributed by atoms with Gasteiger partial charge in [0.1, 0.15) is 5.75 Å². The third kappa shape index (κ3) is 3.25. The second-order valence-corrected chi connectivity index (χ2v) is 4.83. The molecule has 4 nitrogen and oxygen atoms in total. The molecule has 0 amide bonds. The zero-order valence-electron chi connectivity index (χ0n) is 11.5. The zero-order valence-corrected chi connectivity index (χ0v) is 11.5. The molecule has 0 heterocycles. The standard InChI is InChI=1S/C15H20N2O2/c1-18-14-7-6-11(9-16)8-12(14)10-17-13-4-3-5-15(13)19-2/h6-8,13,15,17H,3-5,10H2,1-2H3. The Morgan fingerprint density at radius 3 is 2.89 bits per heavy atom. The van der Waals surface area contributed by atoms with Crippen LogP contribution >= 0.6 is 0 Å². The highest BCUT2D eigenvalue weighted by atomic mass is 16.5. The van der Waals surface area contributed by atoms with Gasteiger partial charge in [0.15, 0.2) is 0 Å². The van der Waals surface area contributed by atoms with Crippen LogP contribution in [-0.2, 0) is 11.3 Å². The lowest BCUT2D eigenvalue weighted by Gasteiger charge is -2.20. The Morgan fingerprint density at radius 2 is 2.21 bits per heavy atom. The van der Waals surface area contributed by atoms with Gasteiger partial charge in [-0.2, -0.15) is 5.26 Å². The molecule has 1 N–H and O–H groups in total. The summed E-state index contributed by atoms with van der Waals surface area (Å²) in [7, 11) is 3.42. The first kappa shape index (κ1) is 13.9. The van der Waals surface area contributed by atoms with E-state index in [1.807, 2.05) is 12.1 Å². The fourth-order valence-electron chi connectivity index (χ4n) is 2.67. The summed E-state index contributed by atoms with van der Waals surface area (Å²) in [5.74, 6) is 0.818. The van der Waals surface area contributed by atoms with Crippen molar-refractivity contribution in [1.29, 1.82) is 5.26 Å². The lowest BCUT2D eigenvalue weighted by molar-refractivity contribution is 0.0846. The van der Waals surface area contributed by atoms with E-state index >= 15 is 0 Å². The van der Waals surface area contributed by atoms with Gasteiger partial charge in [-0.25, -0.2) is 0 Å². The zero-order chi connectivity index (χ0) is 13.7. The Labute approximate surface area is 114 Å². The van der Waals surface area contributed by atoms with Crippen molar-refractivity contribution < 1.29 is 9.47 Å². The first-order valence-electron chi connectivity index (χ1n) is 6.61. The van der Waals surface area contributed by atoms with E-state index in [-0.39, 0.29) is 0 Å². The molecular weight excluding hydrogens is 240 g/mol. The second-order valence-electron chi connectivity index (χ2n) is 4.83. The number of nitrogens with zero attached hydrogens (tertiary/aromatic N) is 1. The summed E-state index contributed by atoms with van der Waals surface area (Å²) >= 11 is 0. The molecule has 1 fully saturated rings. The lowest BCUT2D eigenvalue weighted by atomic mass is 10.1. The van der Waals surface area contributed by atoms with E-state index in [0.29, 0.717) is 24.3 Å². The predicted octanol–water partition coefficient (Wildman–Crippen LogP) is 2.22. The maximum Gasteiger partial charge on any atom is 0.123 e. The van der Waals surface area contributed by atoms with Gasteiger partial charge in [0.25, 0.3) is 0 Å². The molecule has 1 aromatic rings. The van der Waals surface area contributed by atoms with Crippen molar-refractivity contribution in [3.63, 3.8) is 0 Å². The van der Waals surface area contributed by atoms with E-state index in [4.69, 9.17) is 14.7 Å². The normalized spacial score (nSPS) is 22.2. The topological polar surface area (TPSA) is 54.3 Å². The molecule has 0 radical (unpaired) electrons. The first-order chi connectivity index (χ1) is 9.28. The first-order valence-corrected chi connectivity index (χ1v) is 6.61.